The van der Waals surface area contributed by atoms with Gasteiger partial charge in [0.1, 0.15) is 5.41 Å². The van der Waals surface area contributed by atoms with Crippen LogP contribution < -0.4 is 11.1 Å². The van der Waals surface area contributed by atoms with Crippen LogP contribution in [0.15, 0.2) is 5.16 Å². The molecule has 3 atom stereocenters. The van der Waals surface area contributed by atoms with Crippen LogP contribution in [0.5, 0.6) is 0 Å². The van der Waals surface area contributed by atoms with Gasteiger partial charge in [0.05, 0.1) is 30.3 Å². The first kappa shape index (κ1) is 22.4. The van der Waals surface area contributed by atoms with E-state index in [2.05, 4.69) is 20.8 Å². The van der Waals surface area contributed by atoms with Crippen molar-refractivity contribution in [3.05, 3.63) is 0 Å². The second-order valence-corrected chi connectivity index (χ2v) is 8.51. The molecule has 2 fully saturated rings. The number of β-lactam (4-membered cyclic amide) rings is 1. The smallest absolute Gasteiger partial charge is 0.317 e. The quantitative estimate of drug-likeness (QED) is 0.177. The Balaban J connectivity index is 0.00000280. The first-order chi connectivity index (χ1) is 12.8. The average molecular weight is 435 g/mol. The summed E-state index contributed by atoms with van der Waals surface area (Å²) in [6.45, 7) is 0.559. The molecule has 15 heteroatoms. The summed E-state index contributed by atoms with van der Waals surface area (Å²) in [7, 11) is 0. The highest BCUT2D eigenvalue weighted by Gasteiger charge is 2.56. The van der Waals surface area contributed by atoms with Crippen molar-refractivity contribution in [3.63, 3.8) is 0 Å². The van der Waals surface area contributed by atoms with Crippen LogP contribution in [-0.4, -0.2) is 94.8 Å². The van der Waals surface area contributed by atoms with Crippen LogP contribution >= 0.6 is 23.5 Å². The topological polar surface area (TPSA) is 208 Å². The third kappa shape index (κ3) is 4.38. The van der Waals surface area contributed by atoms with E-state index in [1.54, 1.807) is 4.90 Å². The van der Waals surface area contributed by atoms with Crippen LogP contribution in [0.4, 0.5) is 0 Å². The lowest BCUT2D eigenvalue weighted by Crippen LogP contribution is -2.66. The van der Waals surface area contributed by atoms with E-state index in [0.717, 1.165) is 11.8 Å². The third-order valence-corrected chi connectivity index (χ3v) is 7.17. The van der Waals surface area contributed by atoms with Gasteiger partial charge >= 0.3 is 11.9 Å². The van der Waals surface area contributed by atoms with Crippen LogP contribution in [0.1, 0.15) is 6.42 Å². The van der Waals surface area contributed by atoms with Crippen molar-refractivity contribution < 1.29 is 30.1 Å². The minimum Gasteiger partial charge on any atom is -0.481 e. The summed E-state index contributed by atoms with van der Waals surface area (Å²) in [6, 6.07) is 0. The van der Waals surface area contributed by atoms with Crippen molar-refractivity contribution in [1.29, 1.82) is 0 Å². The number of carboxylic acids is 2. The fourth-order valence-corrected chi connectivity index (χ4v) is 5.52. The van der Waals surface area contributed by atoms with Gasteiger partial charge in [-0.1, -0.05) is 11.8 Å². The van der Waals surface area contributed by atoms with E-state index in [9.17, 15) is 19.5 Å². The SMILES string of the molecule is NC1S[C@@H]2CC(=O)N2CC1(CSc1nnnn1CCNCC(=O)O)C(=O)O.O. The first-order valence-electron chi connectivity index (χ1n) is 8.09. The minimum absolute atomic E-state index is 0. The number of aromatic nitrogens is 4. The lowest BCUT2D eigenvalue weighted by molar-refractivity contribution is -0.155. The maximum Gasteiger partial charge on any atom is 0.317 e. The van der Waals surface area contributed by atoms with E-state index in [-0.39, 0.29) is 35.6 Å². The molecule has 1 amide bonds. The van der Waals surface area contributed by atoms with Crippen molar-refractivity contribution in [2.75, 3.05) is 25.4 Å². The van der Waals surface area contributed by atoms with E-state index < -0.39 is 22.7 Å². The van der Waals surface area contributed by atoms with Gasteiger partial charge in [0.2, 0.25) is 11.1 Å². The van der Waals surface area contributed by atoms with Gasteiger partial charge in [0.25, 0.3) is 0 Å². The zero-order chi connectivity index (χ0) is 19.6. The molecule has 2 unspecified atom stereocenters. The Bertz CT molecular complexity index is 749. The molecule has 0 bridgehead atoms. The van der Waals surface area contributed by atoms with Crippen LogP contribution in [0, 0.1) is 5.41 Å². The highest BCUT2D eigenvalue weighted by atomic mass is 32.2. The van der Waals surface area contributed by atoms with Crippen molar-refractivity contribution in [2.45, 2.75) is 28.9 Å². The summed E-state index contributed by atoms with van der Waals surface area (Å²) in [6.07, 6.45) is 0.392. The highest BCUT2D eigenvalue weighted by molar-refractivity contribution is 8.01. The summed E-state index contributed by atoms with van der Waals surface area (Å²) < 4.78 is 1.47. The summed E-state index contributed by atoms with van der Waals surface area (Å²) >= 11 is 2.46. The molecule has 13 nitrogen and oxygen atoms in total. The standard InChI is InChI=1S/C13H19N7O5S2.H2O/c14-10-13(11(24)25,5-19-7(21)3-8(19)27-10)6-26-12-16-17-18-20(12)2-1-15-4-9(22)23;/h8,10,15H,1-6,14H2,(H,22,23)(H,24,25);1H2/t8-,10?,13?;/m1./s1. The molecular formula is C13H21N7O6S2. The number of rotatable bonds is 9. The van der Waals surface area contributed by atoms with Crippen molar-refractivity contribution >= 4 is 41.4 Å². The second-order valence-electron chi connectivity index (χ2n) is 6.24. The van der Waals surface area contributed by atoms with Crippen molar-refractivity contribution in [1.82, 2.24) is 30.4 Å². The van der Waals surface area contributed by atoms with E-state index in [0.29, 0.717) is 24.7 Å². The first-order valence-corrected chi connectivity index (χ1v) is 10.0. The van der Waals surface area contributed by atoms with Crippen LogP contribution in [0.3, 0.4) is 0 Å². The second kappa shape index (κ2) is 9.04. The number of aliphatic carboxylic acids is 2. The predicted octanol–water partition coefficient (Wildman–Crippen LogP) is -2.72. The van der Waals surface area contributed by atoms with Crippen molar-refractivity contribution in [2.24, 2.45) is 11.1 Å². The minimum atomic E-state index is -1.31. The zero-order valence-corrected chi connectivity index (χ0v) is 16.3. The van der Waals surface area contributed by atoms with Crippen LogP contribution in [0.25, 0.3) is 0 Å². The number of nitrogens with two attached hydrogens (primary N) is 1. The maximum absolute atomic E-state index is 12.0. The largest absolute Gasteiger partial charge is 0.481 e. The Labute approximate surface area is 167 Å². The molecule has 2 saturated heterocycles. The fraction of sp³-hybridized carbons (Fsp3) is 0.692. The average Bonchev–Trinajstić information content (AvgIpc) is 3.05. The molecule has 0 radical (unpaired) electrons. The lowest BCUT2D eigenvalue weighted by atomic mass is 9.87. The molecular weight excluding hydrogens is 414 g/mol. The number of thioether (sulfide) groups is 2. The lowest BCUT2D eigenvalue weighted by Gasteiger charge is -2.52. The van der Waals surface area contributed by atoms with Gasteiger partial charge in [-0.3, -0.25) is 14.4 Å². The summed E-state index contributed by atoms with van der Waals surface area (Å²) in [5.74, 6) is -1.98. The van der Waals surface area contributed by atoms with Gasteiger partial charge in [0, 0.05) is 18.8 Å². The van der Waals surface area contributed by atoms with E-state index >= 15 is 0 Å². The molecule has 0 aliphatic carbocycles. The molecule has 28 heavy (non-hydrogen) atoms. The molecule has 0 saturated carbocycles. The number of hydrogen-bond acceptors (Lipinski definition) is 10. The summed E-state index contributed by atoms with van der Waals surface area (Å²) in [5.41, 5.74) is 4.85. The molecule has 2 aliphatic rings. The Kier molecular flexibility index (Phi) is 7.22. The Morgan fingerprint density at radius 3 is 2.82 bits per heavy atom. The molecule has 7 N–H and O–H groups in total. The fourth-order valence-electron chi connectivity index (χ4n) is 2.82. The van der Waals surface area contributed by atoms with Gasteiger partial charge < -0.3 is 31.6 Å². The van der Waals surface area contributed by atoms with Gasteiger partial charge in [0.15, 0.2) is 0 Å². The molecule has 1 aromatic rings. The Morgan fingerprint density at radius 1 is 1.43 bits per heavy atom. The van der Waals surface area contributed by atoms with Gasteiger partial charge in [-0.25, -0.2) is 4.68 Å². The number of carboxylic acid groups (broad SMARTS) is 2. The van der Waals surface area contributed by atoms with Crippen LogP contribution in [-0.2, 0) is 20.9 Å². The number of nitrogens with one attached hydrogen (secondary N) is 1. The number of tetrazole rings is 1. The number of fused-ring (bicyclic) bond motifs is 1. The van der Waals surface area contributed by atoms with E-state index in [4.69, 9.17) is 10.8 Å². The normalized spacial score (nSPS) is 26.2. The summed E-state index contributed by atoms with van der Waals surface area (Å²) in [4.78, 5) is 35.8. The maximum atomic E-state index is 12.0. The molecule has 3 rings (SSSR count). The number of carbonyl (C=O) groups excluding carboxylic acids is 1. The molecule has 2 aliphatic heterocycles. The number of carbonyl (C=O) groups is 3. The molecule has 0 aromatic carbocycles. The number of nitrogens with zero attached hydrogens (tertiary/aromatic N) is 5. The summed E-state index contributed by atoms with van der Waals surface area (Å²) in [5, 5.41) is 32.2. The molecule has 0 spiro atoms. The Hall–Kier alpha value is -1.94. The molecule has 156 valence electrons. The van der Waals surface area contributed by atoms with Crippen LogP contribution in [0.2, 0.25) is 0 Å². The van der Waals surface area contributed by atoms with Gasteiger partial charge in [-0.05, 0) is 10.4 Å². The van der Waals surface area contributed by atoms with Gasteiger partial charge in [-0.2, -0.15) is 0 Å². The number of amides is 1. The van der Waals surface area contributed by atoms with Gasteiger partial charge in [-0.15, -0.1) is 16.9 Å². The van der Waals surface area contributed by atoms with E-state index in [1.807, 2.05) is 0 Å². The third-order valence-electron chi connectivity index (χ3n) is 4.48. The molecule has 3 heterocycles. The van der Waals surface area contributed by atoms with E-state index in [1.165, 1.54) is 16.4 Å². The van der Waals surface area contributed by atoms with Crippen molar-refractivity contribution in [3.8, 4) is 0 Å². The number of hydrogen-bond donors (Lipinski definition) is 4. The highest BCUT2D eigenvalue weighted by Crippen LogP contribution is 2.46. The monoisotopic (exact) mass is 435 g/mol. The Morgan fingerprint density at radius 2 is 2.18 bits per heavy atom. The zero-order valence-electron chi connectivity index (χ0n) is 14.6. The molecule has 1 aromatic heterocycles. The predicted molar refractivity (Wildman–Crippen MR) is 98.4 cm³/mol.